The first-order valence-corrected chi connectivity index (χ1v) is 4.58. The van der Waals surface area contributed by atoms with Crippen molar-refractivity contribution in [2.24, 2.45) is 5.73 Å². The molecule has 1 rings (SSSR count). The molecule has 1 heterocycles. The molecule has 8 heteroatoms. The van der Waals surface area contributed by atoms with Crippen molar-refractivity contribution < 1.29 is 13.7 Å². The Morgan fingerprint density at radius 2 is 2.27 bits per heavy atom. The second-order valence-corrected chi connectivity index (χ2v) is 3.45. The zero-order valence-corrected chi connectivity index (χ0v) is 8.87. The Morgan fingerprint density at radius 1 is 1.67 bits per heavy atom. The smallest absolute Gasteiger partial charge is 0.358 e. The SMILES string of the molecule is NCc1cc(Br)c(C(F)F)nc1[N+](=O)[O-]. The number of nitrogens with zero attached hydrogens (tertiary/aromatic N) is 2. The highest BCUT2D eigenvalue weighted by atomic mass is 79.9. The molecule has 2 N–H and O–H groups in total. The van der Waals surface area contributed by atoms with Crippen LogP contribution in [0.2, 0.25) is 0 Å². The van der Waals surface area contributed by atoms with E-state index in [2.05, 4.69) is 20.9 Å². The zero-order valence-electron chi connectivity index (χ0n) is 7.28. The van der Waals surface area contributed by atoms with Gasteiger partial charge in [0.25, 0.3) is 0 Å². The van der Waals surface area contributed by atoms with Crippen molar-refractivity contribution in [1.29, 1.82) is 0 Å². The second-order valence-electron chi connectivity index (χ2n) is 2.60. The summed E-state index contributed by atoms with van der Waals surface area (Å²) in [6.07, 6.45) is -2.87. The van der Waals surface area contributed by atoms with E-state index in [1.165, 1.54) is 6.07 Å². The standard InChI is InChI=1S/C7H6BrF2N3O2/c8-4-1-3(2-11)7(13(14)15)12-5(4)6(9)10/h1,6H,2,11H2. The number of halogens is 3. The number of nitro groups is 1. The van der Waals surface area contributed by atoms with Crippen molar-refractivity contribution in [2.45, 2.75) is 13.0 Å². The lowest BCUT2D eigenvalue weighted by Crippen LogP contribution is -2.06. The lowest BCUT2D eigenvalue weighted by atomic mass is 10.2. The van der Waals surface area contributed by atoms with Crippen molar-refractivity contribution in [1.82, 2.24) is 4.98 Å². The van der Waals surface area contributed by atoms with E-state index in [0.717, 1.165) is 0 Å². The Kier molecular flexibility index (Phi) is 3.64. The summed E-state index contributed by atoms with van der Waals surface area (Å²) in [6.45, 7) is -0.134. The number of hydrogen-bond acceptors (Lipinski definition) is 4. The summed E-state index contributed by atoms with van der Waals surface area (Å²) in [4.78, 5) is 12.9. The van der Waals surface area contributed by atoms with E-state index in [4.69, 9.17) is 5.73 Å². The van der Waals surface area contributed by atoms with Gasteiger partial charge < -0.3 is 15.8 Å². The molecule has 0 atom stereocenters. The topological polar surface area (TPSA) is 82.0 Å². The highest BCUT2D eigenvalue weighted by Crippen LogP contribution is 2.29. The molecular weight excluding hydrogens is 276 g/mol. The van der Waals surface area contributed by atoms with Gasteiger partial charge in [0.05, 0.1) is 10.0 Å². The van der Waals surface area contributed by atoms with Crippen LogP contribution in [0.3, 0.4) is 0 Å². The van der Waals surface area contributed by atoms with Crippen molar-refractivity contribution in [3.63, 3.8) is 0 Å². The van der Waals surface area contributed by atoms with E-state index in [1.807, 2.05) is 0 Å². The van der Waals surface area contributed by atoms with E-state index in [-0.39, 0.29) is 16.6 Å². The number of pyridine rings is 1. The minimum Gasteiger partial charge on any atom is -0.358 e. The normalized spacial score (nSPS) is 10.7. The van der Waals surface area contributed by atoms with E-state index >= 15 is 0 Å². The first kappa shape index (κ1) is 11.9. The second kappa shape index (κ2) is 4.58. The molecule has 82 valence electrons. The highest BCUT2D eigenvalue weighted by Gasteiger charge is 2.25. The molecule has 0 saturated carbocycles. The third-order valence-corrected chi connectivity index (χ3v) is 2.29. The predicted molar refractivity (Wildman–Crippen MR) is 51.4 cm³/mol. The van der Waals surface area contributed by atoms with Crippen LogP contribution in [0.25, 0.3) is 0 Å². The molecule has 0 aliphatic carbocycles. The lowest BCUT2D eigenvalue weighted by Gasteiger charge is -2.03. The largest absolute Gasteiger partial charge is 0.368 e. The maximum absolute atomic E-state index is 12.4. The molecule has 0 aliphatic rings. The van der Waals surface area contributed by atoms with Gasteiger partial charge in [-0.15, -0.1) is 0 Å². The van der Waals surface area contributed by atoms with Gasteiger partial charge in [-0.05, 0) is 31.9 Å². The molecule has 15 heavy (non-hydrogen) atoms. The monoisotopic (exact) mass is 281 g/mol. The summed E-state index contributed by atoms with van der Waals surface area (Å²) < 4.78 is 24.7. The van der Waals surface area contributed by atoms with Gasteiger partial charge >= 0.3 is 12.2 Å². The van der Waals surface area contributed by atoms with Crippen LogP contribution in [0.5, 0.6) is 0 Å². The Morgan fingerprint density at radius 3 is 2.67 bits per heavy atom. The fourth-order valence-corrected chi connectivity index (χ4v) is 1.53. The summed E-state index contributed by atoms with van der Waals surface area (Å²) in [5.41, 5.74) is 4.68. The summed E-state index contributed by atoms with van der Waals surface area (Å²) in [5, 5.41) is 10.5. The van der Waals surface area contributed by atoms with Crippen LogP contribution in [0.4, 0.5) is 14.6 Å². The van der Waals surface area contributed by atoms with Crippen molar-refractivity contribution >= 4 is 21.7 Å². The van der Waals surface area contributed by atoms with Gasteiger partial charge in [0.1, 0.15) is 0 Å². The molecule has 5 nitrogen and oxygen atoms in total. The number of aromatic nitrogens is 1. The van der Waals surface area contributed by atoms with E-state index < -0.39 is 22.9 Å². The van der Waals surface area contributed by atoms with E-state index in [1.54, 1.807) is 0 Å². The van der Waals surface area contributed by atoms with Crippen LogP contribution < -0.4 is 5.73 Å². The molecule has 0 aliphatic heterocycles. The van der Waals surface area contributed by atoms with Crippen molar-refractivity contribution in [3.8, 4) is 0 Å². The number of hydrogen-bond donors (Lipinski definition) is 1. The molecule has 0 bridgehead atoms. The van der Waals surface area contributed by atoms with Crippen LogP contribution in [-0.4, -0.2) is 9.91 Å². The number of alkyl halides is 2. The lowest BCUT2D eigenvalue weighted by molar-refractivity contribution is -0.390. The van der Waals surface area contributed by atoms with Crippen LogP contribution >= 0.6 is 15.9 Å². The third-order valence-electron chi connectivity index (χ3n) is 1.66. The van der Waals surface area contributed by atoms with Crippen LogP contribution in [0, 0.1) is 10.1 Å². The minimum atomic E-state index is -2.87. The summed E-state index contributed by atoms with van der Waals surface area (Å²) >= 11 is 2.85. The Balaban J connectivity index is 3.37. The first-order valence-electron chi connectivity index (χ1n) is 3.79. The first-order chi connectivity index (χ1) is 6.97. The molecule has 0 amide bonds. The Bertz CT molecular complexity index is 400. The highest BCUT2D eigenvalue weighted by molar-refractivity contribution is 9.10. The van der Waals surface area contributed by atoms with Gasteiger partial charge in [0.15, 0.2) is 0 Å². The predicted octanol–water partition coefficient (Wildman–Crippen LogP) is 2.15. The van der Waals surface area contributed by atoms with Crippen molar-refractivity contribution in [3.05, 3.63) is 31.9 Å². The van der Waals surface area contributed by atoms with Crippen LogP contribution in [0.1, 0.15) is 17.7 Å². The van der Waals surface area contributed by atoms with Gasteiger partial charge in [0, 0.05) is 6.54 Å². The average molecular weight is 282 g/mol. The Hall–Kier alpha value is -1.15. The zero-order chi connectivity index (χ0) is 11.6. The average Bonchev–Trinajstić information content (AvgIpc) is 2.16. The number of nitrogens with two attached hydrogens (primary N) is 1. The Labute approximate surface area is 91.6 Å². The molecule has 0 aromatic carbocycles. The summed E-state index contributed by atoms with van der Waals surface area (Å²) in [5.74, 6) is -0.629. The van der Waals surface area contributed by atoms with Gasteiger partial charge in [-0.25, -0.2) is 8.78 Å². The molecule has 0 unspecified atom stereocenters. The maximum Gasteiger partial charge on any atom is 0.368 e. The van der Waals surface area contributed by atoms with Gasteiger partial charge in [0.2, 0.25) is 5.69 Å². The molecule has 0 radical (unpaired) electrons. The van der Waals surface area contributed by atoms with E-state index in [0.29, 0.717) is 0 Å². The third kappa shape index (κ3) is 2.45. The summed E-state index contributed by atoms with van der Waals surface area (Å²) in [6, 6.07) is 1.19. The minimum absolute atomic E-state index is 0.0172. The molecule has 1 aromatic rings. The van der Waals surface area contributed by atoms with Gasteiger partial charge in [-0.1, -0.05) is 0 Å². The van der Waals surface area contributed by atoms with Gasteiger partial charge in [-0.3, -0.25) is 0 Å². The van der Waals surface area contributed by atoms with Crippen LogP contribution in [-0.2, 0) is 6.54 Å². The molecule has 0 fully saturated rings. The molecule has 0 spiro atoms. The number of rotatable bonds is 3. The molecule has 1 aromatic heterocycles. The van der Waals surface area contributed by atoms with Gasteiger partial charge in [-0.2, -0.15) is 0 Å². The quantitative estimate of drug-likeness (QED) is 0.680. The van der Waals surface area contributed by atoms with Crippen LogP contribution in [0.15, 0.2) is 10.5 Å². The molecule has 0 saturated heterocycles. The van der Waals surface area contributed by atoms with Crippen molar-refractivity contribution in [2.75, 3.05) is 0 Å². The fourth-order valence-electron chi connectivity index (χ4n) is 0.992. The fraction of sp³-hybridized carbons (Fsp3) is 0.286. The molecular formula is C7H6BrF2N3O2. The van der Waals surface area contributed by atoms with E-state index in [9.17, 15) is 18.9 Å². The summed E-state index contributed by atoms with van der Waals surface area (Å²) in [7, 11) is 0. The maximum atomic E-state index is 12.4.